The normalized spacial score (nSPS) is 38.3. The maximum absolute atomic E-state index is 10.6. The number of hydrogen-bond acceptors (Lipinski definition) is 1. The molecule has 0 spiro atoms. The van der Waals surface area contributed by atoms with Gasteiger partial charge < -0.3 is 0 Å². The number of nitrogens with zero attached hydrogens (tertiary/aromatic N) is 1. The fraction of sp³-hybridized carbons (Fsp3) is 1.00. The van der Waals surface area contributed by atoms with Gasteiger partial charge in [-0.2, -0.15) is 4.31 Å². The van der Waals surface area contributed by atoms with Crippen LogP contribution in [-0.2, 0) is 11.3 Å². The van der Waals surface area contributed by atoms with Crippen LogP contribution < -0.4 is 0 Å². The van der Waals surface area contributed by atoms with E-state index in [1.165, 1.54) is 0 Å². The molecule has 0 amide bonds. The van der Waals surface area contributed by atoms with Crippen molar-refractivity contribution in [3.8, 4) is 0 Å². The minimum atomic E-state index is -1.76. The summed E-state index contributed by atoms with van der Waals surface area (Å²) in [6.45, 7) is 4.84. The highest BCUT2D eigenvalue weighted by molar-refractivity contribution is 7.76. The Balaban J connectivity index is 2.54. The molecule has 0 radical (unpaired) electrons. The van der Waals surface area contributed by atoms with Crippen LogP contribution in [0, 0.1) is 5.92 Å². The summed E-state index contributed by atoms with van der Waals surface area (Å²) in [7, 11) is 0. The molecule has 3 atom stereocenters. The Hall–Kier alpha value is 0.0700. The van der Waals surface area contributed by atoms with Crippen molar-refractivity contribution in [3.05, 3.63) is 0 Å². The summed E-state index contributed by atoms with van der Waals surface area (Å²) in [5.41, 5.74) is 0. The van der Waals surface area contributed by atoms with Gasteiger partial charge in [-0.15, -0.1) is 0 Å². The SMILES string of the molecule is CC1CC(C)N(S(=O)O)C1. The predicted octanol–water partition coefficient (Wildman–Crippen LogP) is 0.853. The second-order valence-electron chi connectivity index (χ2n) is 3.02. The van der Waals surface area contributed by atoms with Crippen molar-refractivity contribution >= 4 is 11.3 Å². The highest BCUT2D eigenvalue weighted by Gasteiger charge is 2.29. The van der Waals surface area contributed by atoms with E-state index in [-0.39, 0.29) is 6.04 Å². The lowest BCUT2D eigenvalue weighted by Crippen LogP contribution is -2.28. The minimum absolute atomic E-state index is 0.265. The zero-order chi connectivity index (χ0) is 7.72. The highest BCUT2D eigenvalue weighted by Crippen LogP contribution is 2.22. The van der Waals surface area contributed by atoms with Crippen LogP contribution in [0.1, 0.15) is 20.3 Å². The van der Waals surface area contributed by atoms with E-state index in [0.29, 0.717) is 5.92 Å². The van der Waals surface area contributed by atoms with Crippen LogP contribution in [0.15, 0.2) is 0 Å². The first-order chi connectivity index (χ1) is 4.61. The Bertz CT molecular complexity index is 151. The van der Waals surface area contributed by atoms with Gasteiger partial charge in [0.1, 0.15) is 0 Å². The fourth-order valence-electron chi connectivity index (χ4n) is 1.48. The second-order valence-corrected chi connectivity index (χ2v) is 3.95. The van der Waals surface area contributed by atoms with Crippen molar-refractivity contribution in [1.29, 1.82) is 0 Å². The molecule has 0 saturated carbocycles. The van der Waals surface area contributed by atoms with Gasteiger partial charge in [0.2, 0.25) is 11.3 Å². The maximum Gasteiger partial charge on any atom is 0.234 e. The van der Waals surface area contributed by atoms with E-state index in [9.17, 15) is 4.21 Å². The molecule has 0 aromatic heterocycles. The van der Waals surface area contributed by atoms with Gasteiger partial charge in [-0.25, -0.2) is 4.21 Å². The molecule has 4 heteroatoms. The summed E-state index contributed by atoms with van der Waals surface area (Å²) >= 11 is -1.76. The summed E-state index contributed by atoms with van der Waals surface area (Å²) < 4.78 is 20.9. The van der Waals surface area contributed by atoms with Crippen molar-refractivity contribution in [3.63, 3.8) is 0 Å². The van der Waals surface area contributed by atoms with Gasteiger partial charge in [0.15, 0.2) is 0 Å². The molecule has 0 aliphatic carbocycles. The monoisotopic (exact) mass is 163 g/mol. The van der Waals surface area contributed by atoms with Gasteiger partial charge in [-0.3, -0.25) is 4.55 Å². The van der Waals surface area contributed by atoms with E-state index in [1.54, 1.807) is 4.31 Å². The van der Waals surface area contributed by atoms with Crippen LogP contribution in [0.5, 0.6) is 0 Å². The Labute approximate surface area is 63.8 Å². The molecule has 1 aliphatic heterocycles. The first kappa shape index (κ1) is 8.17. The van der Waals surface area contributed by atoms with Crippen molar-refractivity contribution < 1.29 is 8.76 Å². The highest BCUT2D eigenvalue weighted by atomic mass is 32.2. The zero-order valence-electron chi connectivity index (χ0n) is 6.28. The Kier molecular flexibility index (Phi) is 2.44. The Morgan fingerprint density at radius 2 is 2.20 bits per heavy atom. The quantitative estimate of drug-likeness (QED) is 0.582. The molecule has 1 rings (SSSR count). The second kappa shape index (κ2) is 2.98. The molecular weight excluding hydrogens is 150 g/mol. The lowest BCUT2D eigenvalue weighted by molar-refractivity contribution is 0.391. The fourth-order valence-corrected chi connectivity index (χ4v) is 2.26. The zero-order valence-corrected chi connectivity index (χ0v) is 7.10. The first-order valence-corrected chi connectivity index (χ1v) is 4.55. The molecule has 0 bridgehead atoms. The third-order valence-corrected chi connectivity index (χ3v) is 2.84. The summed E-state index contributed by atoms with van der Waals surface area (Å²) in [6.07, 6.45) is 1.03. The van der Waals surface area contributed by atoms with Crippen LogP contribution in [0.25, 0.3) is 0 Å². The molecule has 1 aliphatic rings. The standard InChI is InChI=1S/C6H13NO2S/c1-5-3-6(2)7(4-5)10(8)9/h5-6H,3-4H2,1-2H3,(H,8,9). The van der Waals surface area contributed by atoms with Gasteiger partial charge in [-0.05, 0) is 19.3 Å². The summed E-state index contributed by atoms with van der Waals surface area (Å²) in [4.78, 5) is 0. The number of hydrogen-bond donors (Lipinski definition) is 1. The van der Waals surface area contributed by atoms with Crippen LogP contribution >= 0.6 is 0 Å². The first-order valence-electron chi connectivity index (χ1n) is 3.49. The third kappa shape index (κ3) is 1.56. The van der Waals surface area contributed by atoms with E-state index in [4.69, 9.17) is 4.55 Å². The number of rotatable bonds is 1. The molecule has 1 heterocycles. The molecule has 1 saturated heterocycles. The lowest BCUT2D eigenvalue weighted by Gasteiger charge is -2.14. The Morgan fingerprint density at radius 1 is 1.60 bits per heavy atom. The average molecular weight is 163 g/mol. The van der Waals surface area contributed by atoms with Crippen LogP contribution in [0.4, 0.5) is 0 Å². The van der Waals surface area contributed by atoms with Gasteiger partial charge >= 0.3 is 0 Å². The van der Waals surface area contributed by atoms with Gasteiger partial charge in [-0.1, -0.05) is 6.92 Å². The van der Waals surface area contributed by atoms with E-state index in [2.05, 4.69) is 6.92 Å². The van der Waals surface area contributed by atoms with Gasteiger partial charge in [0.05, 0.1) is 0 Å². The molecule has 1 N–H and O–H groups in total. The summed E-state index contributed by atoms with van der Waals surface area (Å²) in [5.74, 6) is 0.561. The smallest absolute Gasteiger partial charge is 0.234 e. The van der Waals surface area contributed by atoms with Crippen LogP contribution in [0.2, 0.25) is 0 Å². The predicted molar refractivity (Wildman–Crippen MR) is 40.7 cm³/mol. The van der Waals surface area contributed by atoms with Crippen molar-refractivity contribution in [2.45, 2.75) is 26.3 Å². The summed E-state index contributed by atoms with van der Waals surface area (Å²) in [5, 5.41) is 0. The van der Waals surface area contributed by atoms with E-state index < -0.39 is 11.3 Å². The lowest BCUT2D eigenvalue weighted by atomic mass is 10.1. The maximum atomic E-state index is 10.6. The van der Waals surface area contributed by atoms with E-state index >= 15 is 0 Å². The third-order valence-electron chi connectivity index (χ3n) is 1.93. The molecular formula is C6H13NO2S. The van der Waals surface area contributed by atoms with Crippen LogP contribution in [0.3, 0.4) is 0 Å². The average Bonchev–Trinajstić information content (AvgIpc) is 2.10. The van der Waals surface area contributed by atoms with Crippen LogP contribution in [-0.4, -0.2) is 25.7 Å². The molecule has 3 nitrogen and oxygen atoms in total. The molecule has 0 aromatic rings. The largest absolute Gasteiger partial charge is 0.294 e. The van der Waals surface area contributed by atoms with Gasteiger partial charge in [0, 0.05) is 12.6 Å². The molecule has 3 unspecified atom stereocenters. The summed E-state index contributed by atoms with van der Waals surface area (Å²) in [6, 6.07) is 0.265. The molecule has 0 aromatic carbocycles. The molecule has 60 valence electrons. The van der Waals surface area contributed by atoms with Crippen molar-refractivity contribution in [2.24, 2.45) is 5.92 Å². The van der Waals surface area contributed by atoms with E-state index in [0.717, 1.165) is 13.0 Å². The van der Waals surface area contributed by atoms with Crippen molar-refractivity contribution in [1.82, 2.24) is 4.31 Å². The van der Waals surface area contributed by atoms with Gasteiger partial charge in [0.25, 0.3) is 0 Å². The topological polar surface area (TPSA) is 40.5 Å². The Morgan fingerprint density at radius 3 is 2.40 bits per heavy atom. The minimum Gasteiger partial charge on any atom is -0.294 e. The molecule has 10 heavy (non-hydrogen) atoms. The molecule has 1 fully saturated rings. The van der Waals surface area contributed by atoms with E-state index in [1.807, 2.05) is 6.92 Å². The van der Waals surface area contributed by atoms with Crippen molar-refractivity contribution in [2.75, 3.05) is 6.54 Å².